The Hall–Kier alpha value is -3.53. The minimum atomic E-state index is -1.82. The Morgan fingerprint density at radius 2 is 1.89 bits per heavy atom. The maximum atomic E-state index is 14.9. The van der Waals surface area contributed by atoms with Crippen LogP contribution >= 0.6 is 23.2 Å². The van der Waals surface area contributed by atoms with E-state index in [1.807, 2.05) is 24.3 Å². The lowest BCUT2D eigenvalue weighted by atomic mass is 9.86. The van der Waals surface area contributed by atoms with Crippen molar-refractivity contribution < 1.29 is 13.9 Å². The second-order valence-electron chi connectivity index (χ2n) is 8.80. The smallest absolute Gasteiger partial charge is 0.137 e. The van der Waals surface area contributed by atoms with Crippen LogP contribution in [0.15, 0.2) is 73.4 Å². The lowest BCUT2D eigenvalue weighted by Crippen LogP contribution is -2.40. The first-order valence-electron chi connectivity index (χ1n) is 11.4. The van der Waals surface area contributed by atoms with Gasteiger partial charge in [-0.05, 0) is 48.9 Å². The lowest BCUT2D eigenvalue weighted by Gasteiger charge is -2.34. The monoisotopic (exact) mass is 542 g/mol. The van der Waals surface area contributed by atoms with E-state index in [0.717, 1.165) is 28.8 Å². The Labute approximate surface area is 221 Å². The first kappa shape index (κ1) is 25.1. The Balaban J connectivity index is 1.44. The average Bonchev–Trinajstić information content (AvgIpc) is 3.53. The third-order valence-corrected chi connectivity index (χ3v) is 7.10. The van der Waals surface area contributed by atoms with E-state index in [1.165, 1.54) is 23.4 Å². The summed E-state index contributed by atoms with van der Waals surface area (Å²) in [6, 6.07) is 13.5. The van der Waals surface area contributed by atoms with Crippen LogP contribution in [0.4, 0.5) is 14.5 Å². The number of aromatic nitrogens is 5. The maximum Gasteiger partial charge on any atom is 0.137 e. The predicted molar refractivity (Wildman–Crippen MR) is 139 cm³/mol. The minimum Gasteiger partial charge on any atom is -0.381 e. The molecule has 7 nitrogen and oxygen atoms in total. The van der Waals surface area contributed by atoms with Crippen LogP contribution in [0.1, 0.15) is 24.1 Å². The second-order valence-corrected chi connectivity index (χ2v) is 9.62. The molecule has 37 heavy (non-hydrogen) atoms. The first-order chi connectivity index (χ1) is 17.7. The second kappa shape index (κ2) is 10.1. The van der Waals surface area contributed by atoms with Gasteiger partial charge in [-0.2, -0.15) is 10.2 Å². The normalized spacial score (nSPS) is 14.0. The molecular weight excluding hydrogens is 521 g/mol. The molecule has 5 aromatic rings. The summed E-state index contributed by atoms with van der Waals surface area (Å²) in [7, 11) is 0. The van der Waals surface area contributed by atoms with E-state index in [9.17, 15) is 13.9 Å². The summed E-state index contributed by atoms with van der Waals surface area (Å²) in [5.74, 6) is -1.59. The molecule has 190 valence electrons. The van der Waals surface area contributed by atoms with E-state index in [2.05, 4.69) is 20.5 Å². The van der Waals surface area contributed by atoms with Gasteiger partial charge in [0.25, 0.3) is 0 Å². The summed E-state index contributed by atoms with van der Waals surface area (Å²) in [6.45, 7) is 2.13. The zero-order chi connectivity index (χ0) is 26.2. The number of rotatable bonds is 8. The topological polar surface area (TPSA) is 80.8 Å². The van der Waals surface area contributed by atoms with Crippen LogP contribution in [0.2, 0.25) is 10.0 Å². The minimum absolute atomic E-state index is 0.0690. The van der Waals surface area contributed by atoms with Crippen LogP contribution in [0.5, 0.6) is 0 Å². The van der Waals surface area contributed by atoms with Crippen molar-refractivity contribution in [2.45, 2.75) is 31.7 Å². The maximum absolute atomic E-state index is 14.9. The Morgan fingerprint density at radius 1 is 1.05 bits per heavy atom. The molecule has 3 aromatic carbocycles. The molecule has 11 heteroatoms. The number of nitrogens with one attached hydrogen (secondary N) is 1. The van der Waals surface area contributed by atoms with Crippen molar-refractivity contribution in [1.29, 1.82) is 0 Å². The fraction of sp³-hybridized carbons (Fsp3) is 0.192. The average molecular weight is 543 g/mol. The number of aliphatic hydroxyl groups is 1. The summed E-state index contributed by atoms with van der Waals surface area (Å²) < 4.78 is 31.5. The summed E-state index contributed by atoms with van der Waals surface area (Å²) in [5.41, 5.74) is 0.629. The van der Waals surface area contributed by atoms with Gasteiger partial charge in [0.1, 0.15) is 29.9 Å². The molecule has 0 unspecified atom stereocenters. The fourth-order valence-corrected chi connectivity index (χ4v) is 4.59. The van der Waals surface area contributed by atoms with E-state index in [4.69, 9.17) is 23.2 Å². The summed E-state index contributed by atoms with van der Waals surface area (Å²) in [5, 5.41) is 25.7. The van der Waals surface area contributed by atoms with Crippen molar-refractivity contribution in [3.63, 3.8) is 0 Å². The van der Waals surface area contributed by atoms with E-state index in [1.54, 1.807) is 29.9 Å². The van der Waals surface area contributed by atoms with Crippen LogP contribution in [0, 0.1) is 11.6 Å². The third-order valence-electron chi connectivity index (χ3n) is 6.36. The summed E-state index contributed by atoms with van der Waals surface area (Å²) >= 11 is 12.1. The summed E-state index contributed by atoms with van der Waals surface area (Å²) in [4.78, 5) is 3.91. The third kappa shape index (κ3) is 5.16. The van der Waals surface area contributed by atoms with Gasteiger partial charge in [0, 0.05) is 35.4 Å². The zero-order valence-corrected chi connectivity index (χ0v) is 21.1. The van der Waals surface area contributed by atoms with Gasteiger partial charge < -0.3 is 10.4 Å². The van der Waals surface area contributed by atoms with E-state index >= 15 is 0 Å². The Kier molecular flexibility index (Phi) is 6.85. The van der Waals surface area contributed by atoms with E-state index in [-0.39, 0.29) is 12.1 Å². The van der Waals surface area contributed by atoms with Gasteiger partial charge in [-0.25, -0.2) is 18.4 Å². The molecule has 0 aliphatic carbocycles. The molecule has 0 aliphatic heterocycles. The van der Waals surface area contributed by atoms with Crippen molar-refractivity contribution in [3.8, 4) is 0 Å². The van der Waals surface area contributed by atoms with Gasteiger partial charge in [-0.3, -0.25) is 4.68 Å². The molecule has 0 spiro atoms. The molecule has 2 atom stereocenters. The molecule has 0 fully saturated rings. The highest BCUT2D eigenvalue weighted by Gasteiger charge is 2.40. The van der Waals surface area contributed by atoms with Crippen LogP contribution in [0.3, 0.4) is 0 Å². The standard InChI is InChI=1S/C26H22Cl2F2N6O/c1-16(26(37,13-35-15-31-14-33-35)21-5-3-19(29)10-24(21)30)36-12-18-9-20(4-7-25(18)34-36)32-11-17-2-6-22(27)23(28)8-17/h2-10,12,14-16,32,37H,11,13H2,1H3/t16-,26-/m1/s1. The van der Waals surface area contributed by atoms with Gasteiger partial charge in [0.15, 0.2) is 0 Å². The predicted octanol–water partition coefficient (Wildman–Crippen LogP) is 5.97. The van der Waals surface area contributed by atoms with Gasteiger partial charge in [-0.15, -0.1) is 0 Å². The van der Waals surface area contributed by atoms with Crippen LogP contribution < -0.4 is 5.32 Å². The molecule has 0 aliphatic rings. The molecule has 0 saturated carbocycles. The van der Waals surface area contributed by atoms with Gasteiger partial charge in [-0.1, -0.05) is 35.3 Å². The largest absolute Gasteiger partial charge is 0.381 e. The molecule has 5 rings (SSSR count). The molecule has 2 N–H and O–H groups in total. The van der Waals surface area contributed by atoms with Crippen molar-refractivity contribution in [2.24, 2.45) is 0 Å². The van der Waals surface area contributed by atoms with Crippen LogP contribution in [-0.2, 0) is 18.7 Å². The molecule has 0 bridgehead atoms. The van der Waals surface area contributed by atoms with Gasteiger partial charge >= 0.3 is 0 Å². The van der Waals surface area contributed by atoms with E-state index < -0.39 is 23.3 Å². The number of nitrogens with zero attached hydrogens (tertiary/aromatic N) is 5. The van der Waals surface area contributed by atoms with Crippen molar-refractivity contribution in [1.82, 2.24) is 24.5 Å². The van der Waals surface area contributed by atoms with Gasteiger partial charge in [0.2, 0.25) is 0 Å². The molecule has 2 aromatic heterocycles. The number of hydrogen-bond acceptors (Lipinski definition) is 5. The molecule has 2 heterocycles. The first-order valence-corrected chi connectivity index (χ1v) is 12.2. The quantitative estimate of drug-likeness (QED) is 0.252. The molecule has 0 amide bonds. The number of hydrogen-bond donors (Lipinski definition) is 2. The molecular formula is C26H22Cl2F2N6O. The molecule has 0 radical (unpaired) electrons. The highest BCUT2D eigenvalue weighted by atomic mass is 35.5. The number of halogens is 4. The van der Waals surface area contributed by atoms with E-state index in [0.29, 0.717) is 22.1 Å². The zero-order valence-electron chi connectivity index (χ0n) is 19.6. The highest BCUT2D eigenvalue weighted by molar-refractivity contribution is 6.42. The fourth-order valence-electron chi connectivity index (χ4n) is 4.27. The van der Waals surface area contributed by atoms with Crippen LogP contribution in [0.25, 0.3) is 10.9 Å². The SMILES string of the molecule is C[C@@H](n1cc2cc(NCc3ccc(Cl)c(Cl)c3)ccc2n1)[C@](O)(Cn1cncn1)c1ccc(F)cc1F. The van der Waals surface area contributed by atoms with Crippen molar-refractivity contribution in [2.75, 3.05) is 5.32 Å². The number of benzene rings is 3. The highest BCUT2D eigenvalue weighted by Crippen LogP contribution is 2.37. The van der Waals surface area contributed by atoms with Crippen molar-refractivity contribution >= 4 is 39.8 Å². The summed E-state index contributed by atoms with van der Waals surface area (Å²) in [6.07, 6.45) is 4.52. The lowest BCUT2D eigenvalue weighted by molar-refractivity contribution is -0.0366. The van der Waals surface area contributed by atoms with Gasteiger partial charge in [0.05, 0.1) is 28.1 Å². The van der Waals surface area contributed by atoms with Crippen molar-refractivity contribution in [3.05, 3.63) is 106 Å². The Morgan fingerprint density at radius 3 is 2.62 bits per heavy atom. The van der Waals surface area contributed by atoms with Crippen LogP contribution in [-0.4, -0.2) is 29.7 Å². The molecule has 0 saturated heterocycles. The Bertz CT molecular complexity index is 1560. The number of fused-ring (bicyclic) bond motifs is 1. The number of anilines is 1.